The predicted octanol–water partition coefficient (Wildman–Crippen LogP) is 2.45. The van der Waals surface area contributed by atoms with E-state index in [2.05, 4.69) is 11.9 Å². The van der Waals surface area contributed by atoms with Crippen LogP contribution in [0.2, 0.25) is 0 Å². The van der Waals surface area contributed by atoms with Gasteiger partial charge in [-0.15, -0.1) is 0 Å². The number of halogens is 2. The van der Waals surface area contributed by atoms with Gasteiger partial charge in [-0.25, -0.2) is 8.78 Å². The lowest BCUT2D eigenvalue weighted by molar-refractivity contribution is -0.123. The number of hydrogen-bond donors (Lipinski definition) is 0. The number of piperidine rings is 2. The first-order chi connectivity index (χ1) is 8.03. The second kappa shape index (κ2) is 5.19. The molecule has 0 bridgehead atoms. The van der Waals surface area contributed by atoms with Gasteiger partial charge in [-0.1, -0.05) is 6.92 Å². The molecular formula is C13H24F2N2. The Morgan fingerprint density at radius 1 is 1.12 bits per heavy atom. The van der Waals surface area contributed by atoms with Crippen LogP contribution in [0.5, 0.6) is 0 Å². The van der Waals surface area contributed by atoms with Crippen LogP contribution in [0.1, 0.15) is 32.6 Å². The van der Waals surface area contributed by atoms with Crippen LogP contribution in [0.15, 0.2) is 0 Å². The van der Waals surface area contributed by atoms with E-state index >= 15 is 0 Å². The highest BCUT2D eigenvalue weighted by molar-refractivity contribution is 4.90. The molecule has 2 aliphatic heterocycles. The van der Waals surface area contributed by atoms with Gasteiger partial charge in [-0.3, -0.25) is 4.90 Å². The van der Waals surface area contributed by atoms with Crippen LogP contribution in [0.25, 0.3) is 0 Å². The summed E-state index contributed by atoms with van der Waals surface area (Å²) < 4.78 is 27.8. The zero-order valence-corrected chi connectivity index (χ0v) is 11.0. The summed E-state index contributed by atoms with van der Waals surface area (Å²) in [6.07, 6.45) is 3.36. The molecule has 17 heavy (non-hydrogen) atoms. The summed E-state index contributed by atoms with van der Waals surface area (Å²) in [6.45, 7) is 4.82. The van der Waals surface area contributed by atoms with E-state index in [0.717, 1.165) is 32.5 Å². The van der Waals surface area contributed by atoms with Gasteiger partial charge in [0.2, 0.25) is 0 Å². The molecule has 100 valence electrons. The average molecular weight is 246 g/mol. The fourth-order valence-corrected chi connectivity index (χ4v) is 3.19. The molecule has 0 aromatic heterocycles. The first kappa shape index (κ1) is 13.2. The molecule has 0 aromatic rings. The Morgan fingerprint density at radius 2 is 1.76 bits per heavy atom. The van der Waals surface area contributed by atoms with Crippen molar-refractivity contribution in [3.63, 3.8) is 0 Å². The molecule has 1 atom stereocenters. The number of likely N-dealkylation sites (tertiary alicyclic amines) is 2. The molecule has 0 saturated carbocycles. The van der Waals surface area contributed by atoms with Crippen molar-refractivity contribution in [2.45, 2.75) is 44.6 Å². The first-order valence-corrected chi connectivity index (χ1v) is 6.83. The zero-order valence-electron chi connectivity index (χ0n) is 11.0. The molecule has 0 aliphatic carbocycles. The maximum atomic E-state index is 13.9. The van der Waals surface area contributed by atoms with Crippen LogP contribution in [0, 0.1) is 5.92 Å². The van der Waals surface area contributed by atoms with Crippen molar-refractivity contribution in [2.24, 2.45) is 5.92 Å². The summed E-state index contributed by atoms with van der Waals surface area (Å²) >= 11 is 0. The Labute approximate surface area is 103 Å². The van der Waals surface area contributed by atoms with Crippen molar-refractivity contribution in [1.82, 2.24) is 9.80 Å². The van der Waals surface area contributed by atoms with Crippen LogP contribution >= 0.6 is 0 Å². The van der Waals surface area contributed by atoms with Crippen molar-refractivity contribution in [1.29, 1.82) is 0 Å². The fraction of sp³-hybridized carbons (Fsp3) is 1.00. The van der Waals surface area contributed by atoms with Crippen molar-refractivity contribution in [3.05, 3.63) is 0 Å². The Hall–Kier alpha value is -0.220. The number of hydrogen-bond acceptors (Lipinski definition) is 2. The third-order valence-electron chi connectivity index (χ3n) is 4.47. The van der Waals surface area contributed by atoms with E-state index in [0.29, 0.717) is 18.9 Å². The zero-order chi connectivity index (χ0) is 12.5. The summed E-state index contributed by atoms with van der Waals surface area (Å²) in [5.41, 5.74) is 0. The van der Waals surface area contributed by atoms with Crippen LogP contribution in [0.3, 0.4) is 0 Å². The second-order valence-electron chi connectivity index (χ2n) is 5.66. The fourth-order valence-electron chi connectivity index (χ4n) is 3.19. The minimum absolute atomic E-state index is 0.0140. The average Bonchev–Trinajstić information content (AvgIpc) is 2.28. The third-order valence-corrected chi connectivity index (χ3v) is 4.47. The van der Waals surface area contributed by atoms with Gasteiger partial charge in [0.05, 0.1) is 6.54 Å². The molecule has 2 aliphatic rings. The Balaban J connectivity index is 1.91. The predicted molar refractivity (Wildman–Crippen MR) is 65.4 cm³/mol. The van der Waals surface area contributed by atoms with Gasteiger partial charge in [0, 0.05) is 12.0 Å². The monoisotopic (exact) mass is 246 g/mol. The molecule has 0 spiro atoms. The minimum Gasteiger partial charge on any atom is -0.306 e. The molecule has 1 unspecified atom stereocenters. The highest BCUT2D eigenvalue weighted by Gasteiger charge is 2.44. The Bertz CT molecular complexity index is 250. The molecule has 2 saturated heterocycles. The van der Waals surface area contributed by atoms with Gasteiger partial charge in [0.1, 0.15) is 0 Å². The first-order valence-electron chi connectivity index (χ1n) is 6.83. The smallest absolute Gasteiger partial charge is 0.263 e. The minimum atomic E-state index is -2.48. The normalized spacial score (nSPS) is 32.8. The molecular weight excluding hydrogens is 222 g/mol. The summed E-state index contributed by atoms with van der Waals surface area (Å²) in [7, 11) is 2.11. The third kappa shape index (κ3) is 2.97. The standard InChI is InChI=1S/C13H24F2N2/c1-3-11-4-9-17(10-13(11,14)15)12-5-7-16(2)8-6-12/h11-12H,3-10H2,1-2H3. The van der Waals surface area contributed by atoms with Gasteiger partial charge in [-0.05, 0) is 52.4 Å². The van der Waals surface area contributed by atoms with E-state index in [1.54, 1.807) is 0 Å². The lowest BCUT2D eigenvalue weighted by Crippen LogP contribution is -2.54. The van der Waals surface area contributed by atoms with Crippen LogP contribution in [-0.2, 0) is 0 Å². The van der Waals surface area contributed by atoms with Crippen LogP contribution in [-0.4, -0.2) is 55.0 Å². The van der Waals surface area contributed by atoms with Crippen LogP contribution in [0.4, 0.5) is 8.78 Å². The Kier molecular flexibility index (Phi) is 4.03. The lowest BCUT2D eigenvalue weighted by atomic mass is 9.88. The van der Waals surface area contributed by atoms with Gasteiger partial charge in [-0.2, -0.15) is 0 Å². The van der Waals surface area contributed by atoms with E-state index in [1.165, 1.54) is 0 Å². The van der Waals surface area contributed by atoms with Crippen molar-refractivity contribution in [2.75, 3.05) is 33.2 Å². The van der Waals surface area contributed by atoms with E-state index in [-0.39, 0.29) is 6.54 Å². The van der Waals surface area contributed by atoms with Gasteiger partial charge >= 0.3 is 0 Å². The Morgan fingerprint density at radius 3 is 2.29 bits per heavy atom. The molecule has 0 amide bonds. The van der Waals surface area contributed by atoms with Crippen LogP contribution < -0.4 is 0 Å². The highest BCUT2D eigenvalue weighted by Crippen LogP contribution is 2.36. The highest BCUT2D eigenvalue weighted by atomic mass is 19.3. The summed E-state index contributed by atoms with van der Waals surface area (Å²) in [4.78, 5) is 4.33. The van der Waals surface area contributed by atoms with Crippen molar-refractivity contribution >= 4 is 0 Å². The molecule has 2 nitrogen and oxygen atoms in total. The molecule has 0 aromatic carbocycles. The largest absolute Gasteiger partial charge is 0.306 e. The van der Waals surface area contributed by atoms with Crippen molar-refractivity contribution in [3.8, 4) is 0 Å². The second-order valence-corrected chi connectivity index (χ2v) is 5.66. The van der Waals surface area contributed by atoms with Gasteiger partial charge in [0.15, 0.2) is 0 Å². The molecule has 2 heterocycles. The number of nitrogens with zero attached hydrogens (tertiary/aromatic N) is 2. The molecule has 2 fully saturated rings. The van der Waals surface area contributed by atoms with Gasteiger partial charge in [0.25, 0.3) is 5.92 Å². The van der Waals surface area contributed by atoms with E-state index < -0.39 is 11.8 Å². The topological polar surface area (TPSA) is 6.48 Å². The molecule has 0 N–H and O–H groups in total. The molecule has 2 rings (SSSR count). The number of rotatable bonds is 2. The summed E-state index contributed by atoms with van der Waals surface area (Å²) in [6, 6.07) is 0.384. The maximum Gasteiger partial charge on any atom is 0.263 e. The quantitative estimate of drug-likeness (QED) is 0.738. The van der Waals surface area contributed by atoms with E-state index in [4.69, 9.17) is 0 Å². The van der Waals surface area contributed by atoms with E-state index in [9.17, 15) is 8.78 Å². The summed E-state index contributed by atoms with van der Waals surface area (Å²) in [5.74, 6) is -2.87. The SMILES string of the molecule is CCC1CCN(C2CCN(C)CC2)CC1(F)F. The van der Waals surface area contributed by atoms with Crippen molar-refractivity contribution < 1.29 is 8.78 Å². The number of alkyl halides is 2. The summed E-state index contributed by atoms with van der Waals surface area (Å²) in [5, 5.41) is 0. The maximum absolute atomic E-state index is 13.9. The molecule has 4 heteroatoms. The lowest BCUT2D eigenvalue weighted by Gasteiger charge is -2.44. The molecule has 0 radical (unpaired) electrons. The van der Waals surface area contributed by atoms with Gasteiger partial charge < -0.3 is 4.90 Å². The van der Waals surface area contributed by atoms with E-state index in [1.807, 2.05) is 11.8 Å².